The van der Waals surface area contributed by atoms with Gasteiger partial charge < -0.3 is 15.5 Å². The molecule has 3 rings (SSSR count). The average molecular weight is 434 g/mol. The van der Waals surface area contributed by atoms with Crippen molar-refractivity contribution in [2.45, 2.75) is 10.4 Å². The zero-order chi connectivity index (χ0) is 21.6. The molecule has 0 saturated carbocycles. The summed E-state index contributed by atoms with van der Waals surface area (Å²) in [6.45, 7) is 1.44. The molecule has 2 aromatic heterocycles. The average Bonchev–Trinajstić information content (AvgIpc) is 2.67. The molecule has 1 aromatic carbocycles. The second-order valence-corrected chi connectivity index (χ2v) is 7.77. The van der Waals surface area contributed by atoms with E-state index in [-0.39, 0.29) is 16.7 Å². The Morgan fingerprint density at radius 2 is 1.80 bits per heavy atom. The Kier molecular flexibility index (Phi) is 7.11. The monoisotopic (exact) mass is 434 g/mol. The molecule has 0 unspecified atom stereocenters. The lowest BCUT2D eigenvalue weighted by Crippen LogP contribution is -2.21. The van der Waals surface area contributed by atoms with Crippen LogP contribution in [0.2, 0.25) is 0 Å². The van der Waals surface area contributed by atoms with Gasteiger partial charge in [-0.2, -0.15) is 18.2 Å². The van der Waals surface area contributed by atoms with Crippen LogP contribution >= 0.6 is 11.8 Å². The van der Waals surface area contributed by atoms with Gasteiger partial charge in [0.15, 0.2) is 0 Å². The number of anilines is 3. The fraction of sp³-hybridized carbons (Fsp3) is 0.250. The summed E-state index contributed by atoms with van der Waals surface area (Å²) in [5, 5.41) is 6.26. The first kappa shape index (κ1) is 21.8. The number of benzene rings is 1. The van der Waals surface area contributed by atoms with Gasteiger partial charge in [-0.3, -0.25) is 4.98 Å². The van der Waals surface area contributed by atoms with Crippen LogP contribution in [0.25, 0.3) is 11.3 Å². The van der Waals surface area contributed by atoms with E-state index < -0.39 is 5.51 Å². The molecule has 0 aliphatic carbocycles. The Balaban J connectivity index is 1.86. The number of alkyl halides is 3. The molecule has 0 aliphatic heterocycles. The molecule has 2 heterocycles. The van der Waals surface area contributed by atoms with Crippen molar-refractivity contribution in [3.63, 3.8) is 0 Å². The second kappa shape index (κ2) is 9.77. The molecule has 0 fully saturated rings. The van der Waals surface area contributed by atoms with Crippen molar-refractivity contribution in [2.24, 2.45) is 0 Å². The summed E-state index contributed by atoms with van der Waals surface area (Å²) < 4.78 is 38.0. The highest BCUT2D eigenvalue weighted by Gasteiger charge is 2.29. The number of halogens is 3. The molecule has 6 nitrogen and oxygen atoms in total. The van der Waals surface area contributed by atoms with E-state index in [2.05, 4.69) is 25.6 Å². The van der Waals surface area contributed by atoms with Gasteiger partial charge in [0.05, 0.1) is 5.69 Å². The Bertz CT molecular complexity index is 966. The number of aromatic nitrogens is 3. The highest BCUT2D eigenvalue weighted by atomic mass is 32.2. The molecule has 0 spiro atoms. The molecule has 0 saturated heterocycles. The van der Waals surface area contributed by atoms with Crippen LogP contribution in [0, 0.1) is 0 Å². The minimum Gasteiger partial charge on any atom is -0.353 e. The molecule has 30 heavy (non-hydrogen) atoms. The maximum absolute atomic E-state index is 12.7. The molecule has 0 radical (unpaired) electrons. The van der Waals surface area contributed by atoms with Gasteiger partial charge in [-0.15, -0.1) is 0 Å². The molecule has 0 bridgehead atoms. The first-order chi connectivity index (χ1) is 14.3. The number of nitrogens with one attached hydrogen (secondary N) is 2. The van der Waals surface area contributed by atoms with E-state index in [0.717, 1.165) is 12.1 Å². The van der Waals surface area contributed by atoms with Gasteiger partial charge in [-0.05, 0) is 56.2 Å². The smallest absolute Gasteiger partial charge is 0.353 e. The fourth-order valence-electron chi connectivity index (χ4n) is 2.57. The van der Waals surface area contributed by atoms with Crippen LogP contribution in [-0.2, 0) is 0 Å². The summed E-state index contributed by atoms with van der Waals surface area (Å²) >= 11 is -0.154. The SMILES string of the molecule is CN(C)CCNc1nc(Nc2cccc(SC(F)(F)F)c2)cc(-c2ccncc2)n1. The van der Waals surface area contributed by atoms with E-state index >= 15 is 0 Å². The molecule has 0 atom stereocenters. The van der Waals surface area contributed by atoms with Gasteiger partial charge in [0.2, 0.25) is 5.95 Å². The lowest BCUT2D eigenvalue weighted by molar-refractivity contribution is -0.0328. The van der Waals surface area contributed by atoms with Crippen LogP contribution in [0.4, 0.5) is 30.6 Å². The number of hydrogen-bond donors (Lipinski definition) is 2. The van der Waals surface area contributed by atoms with Gasteiger partial charge in [0.1, 0.15) is 5.82 Å². The van der Waals surface area contributed by atoms with E-state index in [1.165, 1.54) is 12.1 Å². The minimum absolute atomic E-state index is 0.0974. The maximum atomic E-state index is 12.7. The van der Waals surface area contributed by atoms with Crippen LogP contribution in [0.5, 0.6) is 0 Å². The van der Waals surface area contributed by atoms with Crippen molar-refractivity contribution in [3.8, 4) is 11.3 Å². The summed E-state index contributed by atoms with van der Waals surface area (Å²) in [7, 11) is 3.93. The molecule has 158 valence electrons. The van der Waals surface area contributed by atoms with Gasteiger partial charge in [0, 0.05) is 47.7 Å². The number of thioether (sulfide) groups is 1. The number of rotatable bonds is 8. The number of hydrogen-bond acceptors (Lipinski definition) is 7. The van der Waals surface area contributed by atoms with Gasteiger partial charge in [0.25, 0.3) is 0 Å². The largest absolute Gasteiger partial charge is 0.446 e. The summed E-state index contributed by atoms with van der Waals surface area (Å²) in [4.78, 5) is 15.2. The number of likely N-dealkylation sites (N-methyl/N-ethyl adjacent to an activating group) is 1. The first-order valence-corrected chi connectivity index (χ1v) is 9.91. The number of nitrogens with zero attached hydrogens (tertiary/aromatic N) is 4. The normalized spacial score (nSPS) is 11.5. The predicted octanol–water partition coefficient (Wildman–Crippen LogP) is 4.87. The van der Waals surface area contributed by atoms with Gasteiger partial charge in [-0.25, -0.2) is 4.98 Å². The van der Waals surface area contributed by atoms with Crippen LogP contribution in [0.15, 0.2) is 59.8 Å². The summed E-state index contributed by atoms with van der Waals surface area (Å²) in [5.74, 6) is 0.896. The Morgan fingerprint density at radius 3 is 2.50 bits per heavy atom. The molecule has 2 N–H and O–H groups in total. The van der Waals surface area contributed by atoms with E-state index in [4.69, 9.17) is 0 Å². The standard InChI is InChI=1S/C20H21F3N6S/c1-29(2)11-10-25-19-27-17(14-6-8-24-9-7-14)13-18(28-19)26-15-4-3-5-16(12-15)30-20(21,22)23/h3-9,12-13H,10-11H2,1-2H3,(H2,25,26,27,28). The van der Waals surface area contributed by atoms with Crippen molar-refractivity contribution in [3.05, 3.63) is 54.9 Å². The number of pyridine rings is 1. The van der Waals surface area contributed by atoms with Crippen molar-refractivity contribution in [2.75, 3.05) is 37.8 Å². The first-order valence-electron chi connectivity index (χ1n) is 9.09. The van der Waals surface area contributed by atoms with Gasteiger partial charge >= 0.3 is 5.51 Å². The van der Waals surface area contributed by atoms with Crippen LogP contribution in [0.1, 0.15) is 0 Å². The van der Waals surface area contributed by atoms with E-state index in [0.29, 0.717) is 29.7 Å². The van der Waals surface area contributed by atoms with Crippen molar-refractivity contribution in [1.82, 2.24) is 19.9 Å². The highest BCUT2D eigenvalue weighted by molar-refractivity contribution is 8.00. The molecular formula is C20H21F3N6S. The quantitative estimate of drug-likeness (QED) is 0.491. The van der Waals surface area contributed by atoms with Crippen LogP contribution in [-0.4, -0.2) is 52.5 Å². The van der Waals surface area contributed by atoms with Crippen molar-refractivity contribution < 1.29 is 13.2 Å². The van der Waals surface area contributed by atoms with E-state index in [1.807, 2.05) is 31.1 Å². The summed E-state index contributed by atoms with van der Waals surface area (Å²) in [6.07, 6.45) is 3.34. The molecule has 0 aliphatic rings. The second-order valence-electron chi connectivity index (χ2n) is 6.63. The Labute approximate surface area is 177 Å². The minimum atomic E-state index is -4.34. The van der Waals surface area contributed by atoms with Gasteiger partial charge in [-0.1, -0.05) is 6.07 Å². The van der Waals surface area contributed by atoms with Crippen molar-refractivity contribution >= 4 is 29.2 Å². The lowest BCUT2D eigenvalue weighted by Gasteiger charge is -2.14. The van der Waals surface area contributed by atoms with Crippen LogP contribution in [0.3, 0.4) is 0 Å². The Morgan fingerprint density at radius 1 is 1.03 bits per heavy atom. The topological polar surface area (TPSA) is 66.0 Å². The van der Waals surface area contributed by atoms with Crippen molar-refractivity contribution in [1.29, 1.82) is 0 Å². The summed E-state index contributed by atoms with van der Waals surface area (Å²) in [5.41, 5.74) is -2.32. The fourth-order valence-corrected chi connectivity index (χ4v) is 3.17. The third-order valence-electron chi connectivity index (χ3n) is 3.88. The highest BCUT2D eigenvalue weighted by Crippen LogP contribution is 2.37. The zero-order valence-corrected chi connectivity index (χ0v) is 17.3. The van der Waals surface area contributed by atoms with E-state index in [9.17, 15) is 13.2 Å². The van der Waals surface area contributed by atoms with E-state index in [1.54, 1.807) is 30.6 Å². The molecule has 10 heteroatoms. The Hall–Kier alpha value is -2.85. The molecule has 0 amide bonds. The predicted molar refractivity (Wildman–Crippen MR) is 114 cm³/mol. The molecule has 3 aromatic rings. The third-order valence-corrected chi connectivity index (χ3v) is 4.61. The molecular weight excluding hydrogens is 413 g/mol. The zero-order valence-electron chi connectivity index (χ0n) is 16.4. The van der Waals surface area contributed by atoms with Crippen LogP contribution < -0.4 is 10.6 Å². The summed E-state index contributed by atoms with van der Waals surface area (Å²) in [6, 6.07) is 11.5. The maximum Gasteiger partial charge on any atom is 0.446 e. The lowest BCUT2D eigenvalue weighted by atomic mass is 10.2. The third kappa shape index (κ3) is 6.89.